The first-order chi connectivity index (χ1) is 21.8. The number of benzene rings is 3. The molecule has 2 amide bonds. The first-order valence-corrected chi connectivity index (χ1v) is 15.5. The Labute approximate surface area is 261 Å². The van der Waals surface area contributed by atoms with Crippen molar-refractivity contribution in [1.29, 1.82) is 0 Å². The van der Waals surface area contributed by atoms with Gasteiger partial charge in [-0.25, -0.2) is 4.79 Å². The molecule has 1 saturated carbocycles. The molecule has 5 rings (SSSR count). The number of aromatic amines is 1. The summed E-state index contributed by atoms with van der Waals surface area (Å²) in [4.78, 5) is 38.5. The van der Waals surface area contributed by atoms with Crippen molar-refractivity contribution in [3.63, 3.8) is 0 Å². The van der Waals surface area contributed by atoms with Crippen molar-refractivity contribution in [2.24, 2.45) is 11.8 Å². The molecule has 1 heterocycles. The Bertz CT molecular complexity index is 1680. The van der Waals surface area contributed by atoms with Gasteiger partial charge in [-0.2, -0.15) is 0 Å². The normalized spacial score (nSPS) is 17.1. The number of amides is 2. The van der Waals surface area contributed by atoms with E-state index in [4.69, 9.17) is 0 Å². The quantitative estimate of drug-likeness (QED) is 0.109. The molecule has 0 saturated heterocycles. The molecule has 236 valence electrons. The minimum atomic E-state index is -1.11. The average molecular weight is 613 g/mol. The maximum Gasteiger partial charge on any atom is 0.409 e. The number of carbonyl (C=O) groups is 2. The number of fused-ring (bicyclic) bond motifs is 1. The fourth-order valence-corrected chi connectivity index (χ4v) is 6.20. The topological polar surface area (TPSA) is 164 Å². The van der Waals surface area contributed by atoms with Crippen molar-refractivity contribution in [2.75, 3.05) is 25.0 Å². The number of carboxylic acid groups (broad SMARTS) is 1. The van der Waals surface area contributed by atoms with E-state index in [0.717, 1.165) is 55.3 Å². The standard InChI is InChI=1S/C35H40N4O6/c40-30-16-14-27(28-15-17-32(42)39-33(28)30)31(41)21-36-20-23-8-11-25(12-9-23)34(43)37-18-4-5-22-10-13-26(24-6-2-1-3-7-24)29(19-22)38-35(44)45/h1-3,6-7,10,13-17,19,23,25,31,36,38,40-41H,4-5,8-9,11-12,18,20-21H2,(H,37,43)(H,39,42)(H,44,45)/t23-,25-,31-/m0/s1. The van der Waals surface area contributed by atoms with Crippen LogP contribution in [0.2, 0.25) is 0 Å². The van der Waals surface area contributed by atoms with Gasteiger partial charge in [0.2, 0.25) is 11.5 Å². The molecule has 0 aliphatic heterocycles. The minimum Gasteiger partial charge on any atom is -0.506 e. The lowest BCUT2D eigenvalue weighted by Crippen LogP contribution is -2.36. The number of pyridine rings is 1. The molecule has 1 atom stereocenters. The second kappa shape index (κ2) is 14.9. The molecule has 0 radical (unpaired) electrons. The average Bonchev–Trinajstić information content (AvgIpc) is 3.04. The van der Waals surface area contributed by atoms with Crippen molar-refractivity contribution in [2.45, 2.75) is 44.6 Å². The number of aliphatic hydroxyl groups excluding tert-OH is 1. The van der Waals surface area contributed by atoms with Crippen LogP contribution < -0.4 is 21.5 Å². The second-order valence-corrected chi connectivity index (χ2v) is 11.7. The largest absolute Gasteiger partial charge is 0.506 e. The Hall–Kier alpha value is -4.67. The third-order valence-corrected chi connectivity index (χ3v) is 8.61. The fraction of sp³-hybridized carbons (Fsp3) is 0.343. The Morgan fingerprint density at radius 2 is 1.73 bits per heavy atom. The molecule has 7 N–H and O–H groups in total. The molecule has 0 unspecified atom stereocenters. The van der Waals surface area contributed by atoms with Crippen molar-refractivity contribution in [3.05, 3.63) is 94.3 Å². The van der Waals surface area contributed by atoms with Gasteiger partial charge in [-0.1, -0.05) is 48.5 Å². The van der Waals surface area contributed by atoms with Crippen molar-refractivity contribution in [3.8, 4) is 16.9 Å². The Morgan fingerprint density at radius 1 is 0.956 bits per heavy atom. The lowest BCUT2D eigenvalue weighted by atomic mass is 9.81. The summed E-state index contributed by atoms with van der Waals surface area (Å²) in [5.41, 5.74) is 3.93. The van der Waals surface area contributed by atoms with Crippen LogP contribution in [0, 0.1) is 11.8 Å². The van der Waals surface area contributed by atoms with Gasteiger partial charge in [0.1, 0.15) is 5.75 Å². The summed E-state index contributed by atoms with van der Waals surface area (Å²) < 4.78 is 0. The fourth-order valence-electron chi connectivity index (χ4n) is 6.20. The smallest absolute Gasteiger partial charge is 0.409 e. The number of carbonyl (C=O) groups excluding carboxylic acids is 1. The number of phenols is 1. The van der Waals surface area contributed by atoms with Gasteiger partial charge in [-0.15, -0.1) is 0 Å². The zero-order valence-electron chi connectivity index (χ0n) is 25.1. The summed E-state index contributed by atoms with van der Waals surface area (Å²) >= 11 is 0. The number of aromatic hydroxyl groups is 1. The van der Waals surface area contributed by atoms with Crippen molar-refractivity contribution >= 4 is 28.6 Å². The van der Waals surface area contributed by atoms with Gasteiger partial charge in [0.05, 0.1) is 17.3 Å². The van der Waals surface area contributed by atoms with E-state index in [-0.39, 0.29) is 23.1 Å². The predicted molar refractivity (Wildman–Crippen MR) is 174 cm³/mol. The Kier molecular flexibility index (Phi) is 10.5. The lowest BCUT2D eigenvalue weighted by molar-refractivity contribution is -0.126. The van der Waals surface area contributed by atoms with Crippen LogP contribution in [0.4, 0.5) is 10.5 Å². The van der Waals surface area contributed by atoms with Crippen LogP contribution in [-0.2, 0) is 11.2 Å². The molecule has 10 nitrogen and oxygen atoms in total. The summed E-state index contributed by atoms with van der Waals surface area (Å²) in [6.07, 6.45) is 3.05. The highest BCUT2D eigenvalue weighted by Gasteiger charge is 2.26. The lowest BCUT2D eigenvalue weighted by Gasteiger charge is -2.28. The van der Waals surface area contributed by atoms with E-state index in [1.807, 2.05) is 48.5 Å². The number of anilines is 1. The number of rotatable bonds is 12. The maximum absolute atomic E-state index is 12.8. The van der Waals surface area contributed by atoms with Crippen LogP contribution in [0.15, 0.2) is 77.6 Å². The monoisotopic (exact) mass is 612 g/mol. The number of nitrogens with one attached hydrogen (secondary N) is 4. The van der Waals surface area contributed by atoms with Gasteiger partial charge in [-0.3, -0.25) is 14.9 Å². The van der Waals surface area contributed by atoms with Gasteiger partial charge in [0.25, 0.3) is 0 Å². The summed E-state index contributed by atoms with van der Waals surface area (Å²) in [5, 5.41) is 39.7. The molecular formula is C35H40N4O6. The molecule has 0 bridgehead atoms. The predicted octanol–water partition coefficient (Wildman–Crippen LogP) is 5.17. The molecule has 45 heavy (non-hydrogen) atoms. The van der Waals surface area contributed by atoms with Gasteiger partial charge < -0.3 is 30.9 Å². The Morgan fingerprint density at radius 3 is 2.49 bits per heavy atom. The SMILES string of the molecule is O=C(O)Nc1cc(CCCNC(=O)[C@H]2CC[C@H](CNC[C@H](O)c3ccc(O)c4[nH]c(=O)ccc34)CC2)ccc1-c1ccccc1. The molecular weight excluding hydrogens is 572 g/mol. The van der Waals surface area contributed by atoms with Crippen LogP contribution >= 0.6 is 0 Å². The molecule has 1 aliphatic carbocycles. The van der Waals surface area contributed by atoms with Crippen LogP contribution in [0.3, 0.4) is 0 Å². The van der Waals surface area contributed by atoms with Crippen molar-refractivity contribution in [1.82, 2.24) is 15.6 Å². The van der Waals surface area contributed by atoms with E-state index in [2.05, 4.69) is 20.9 Å². The maximum atomic E-state index is 12.8. The number of H-pyrrole nitrogens is 1. The highest BCUT2D eigenvalue weighted by atomic mass is 16.4. The molecule has 10 heteroatoms. The summed E-state index contributed by atoms with van der Waals surface area (Å²) in [5.74, 6) is 0.461. The second-order valence-electron chi connectivity index (χ2n) is 11.7. The highest BCUT2D eigenvalue weighted by molar-refractivity contribution is 5.91. The zero-order chi connectivity index (χ0) is 31.8. The molecule has 4 aromatic rings. The number of hydrogen-bond donors (Lipinski definition) is 7. The highest BCUT2D eigenvalue weighted by Crippen LogP contribution is 2.31. The summed E-state index contributed by atoms with van der Waals surface area (Å²) in [6, 6.07) is 21.6. The summed E-state index contributed by atoms with van der Waals surface area (Å²) in [7, 11) is 0. The number of aliphatic hydroxyl groups is 1. The van der Waals surface area contributed by atoms with E-state index in [1.54, 1.807) is 12.1 Å². The van der Waals surface area contributed by atoms with Crippen LogP contribution in [0.25, 0.3) is 22.0 Å². The molecule has 1 aromatic heterocycles. The van der Waals surface area contributed by atoms with E-state index < -0.39 is 12.2 Å². The van der Waals surface area contributed by atoms with E-state index >= 15 is 0 Å². The first-order valence-electron chi connectivity index (χ1n) is 15.5. The minimum absolute atomic E-state index is 0.00566. The van der Waals surface area contributed by atoms with E-state index in [9.17, 15) is 29.7 Å². The third kappa shape index (κ3) is 8.29. The zero-order valence-corrected chi connectivity index (χ0v) is 25.1. The van der Waals surface area contributed by atoms with Gasteiger partial charge in [-0.05, 0) is 85.9 Å². The molecule has 1 fully saturated rings. The number of aryl methyl sites for hydroxylation is 1. The molecule has 3 aromatic carbocycles. The van der Waals surface area contributed by atoms with Gasteiger partial charge in [0.15, 0.2) is 0 Å². The first kappa shape index (κ1) is 31.7. The molecule has 0 spiro atoms. The van der Waals surface area contributed by atoms with E-state index in [1.165, 1.54) is 12.1 Å². The third-order valence-electron chi connectivity index (χ3n) is 8.61. The molecule has 1 aliphatic rings. The number of hydrogen-bond acceptors (Lipinski definition) is 6. The number of phenolic OH excluding ortho intramolecular Hbond substituents is 1. The van der Waals surface area contributed by atoms with Crippen LogP contribution in [0.5, 0.6) is 5.75 Å². The number of aromatic nitrogens is 1. The van der Waals surface area contributed by atoms with Crippen LogP contribution in [0.1, 0.15) is 49.3 Å². The van der Waals surface area contributed by atoms with Crippen molar-refractivity contribution < 1.29 is 24.9 Å². The summed E-state index contributed by atoms with van der Waals surface area (Å²) in [6.45, 7) is 1.63. The van der Waals surface area contributed by atoms with Crippen LogP contribution in [-0.4, -0.2) is 51.9 Å². The van der Waals surface area contributed by atoms with Gasteiger partial charge in [0, 0.05) is 36.0 Å². The van der Waals surface area contributed by atoms with E-state index in [0.29, 0.717) is 47.6 Å². The Balaban J connectivity index is 1.02. The van der Waals surface area contributed by atoms with Gasteiger partial charge >= 0.3 is 6.09 Å².